The lowest BCUT2D eigenvalue weighted by Gasteiger charge is -2.04. The molecule has 0 spiro atoms. The van der Waals surface area contributed by atoms with Gasteiger partial charge in [0.15, 0.2) is 0 Å². The van der Waals surface area contributed by atoms with Gasteiger partial charge in [-0.05, 0) is 38.8 Å². The van der Waals surface area contributed by atoms with E-state index in [1.807, 2.05) is 49.4 Å². The molecule has 2 aromatic carbocycles. The van der Waals surface area contributed by atoms with E-state index in [-0.39, 0.29) is 18.3 Å². The molecule has 1 aliphatic rings. The summed E-state index contributed by atoms with van der Waals surface area (Å²) in [5.74, 6) is 1.13. The van der Waals surface area contributed by atoms with Gasteiger partial charge in [0.05, 0.1) is 18.2 Å². The third-order valence-electron chi connectivity index (χ3n) is 4.23. The average molecular weight is 457 g/mol. The van der Waals surface area contributed by atoms with Gasteiger partial charge >= 0.3 is 5.97 Å². The molecule has 0 atom stereocenters. The van der Waals surface area contributed by atoms with Crippen molar-refractivity contribution in [3.8, 4) is 16.3 Å². The lowest BCUT2D eigenvalue weighted by atomic mass is 10.2. The standard InChI is InChI=1S/C17H15NOS.C6H10O2.CH3NO2/c1-13-7-9-16(10-8-13)19-11-15-12-20-17(18-15)14-5-3-2-4-6-14;1-2-8-6(7)5-3-4-5;3-1-2-4/h2-10,12H,11H2,1H3;5H,2-4H2,1H3;1,4H,(H,2,3). The smallest absolute Gasteiger partial charge is 0.308 e. The number of nitrogens with one attached hydrogen (secondary N) is 1. The van der Waals surface area contributed by atoms with Crippen molar-refractivity contribution in [2.45, 2.75) is 33.3 Å². The molecule has 0 bridgehead atoms. The molecule has 32 heavy (non-hydrogen) atoms. The van der Waals surface area contributed by atoms with Crippen LogP contribution in [0, 0.1) is 12.8 Å². The van der Waals surface area contributed by atoms with Crippen LogP contribution < -0.4 is 10.2 Å². The van der Waals surface area contributed by atoms with E-state index in [1.165, 1.54) is 11.0 Å². The number of ether oxygens (including phenoxy) is 2. The van der Waals surface area contributed by atoms with Gasteiger partial charge in [0.1, 0.15) is 17.4 Å². The van der Waals surface area contributed by atoms with Gasteiger partial charge in [0.25, 0.3) is 0 Å². The summed E-state index contributed by atoms with van der Waals surface area (Å²) in [7, 11) is 0. The summed E-state index contributed by atoms with van der Waals surface area (Å²) in [6, 6.07) is 18.3. The number of nitrogens with zero attached hydrogens (tertiary/aromatic N) is 1. The Labute approximate surface area is 192 Å². The van der Waals surface area contributed by atoms with Crippen LogP contribution in [0.4, 0.5) is 0 Å². The molecule has 1 saturated carbocycles. The maximum Gasteiger partial charge on any atom is 0.308 e. The molecular weight excluding hydrogens is 428 g/mol. The first-order chi connectivity index (χ1) is 15.6. The molecule has 1 aromatic heterocycles. The van der Waals surface area contributed by atoms with E-state index < -0.39 is 0 Å². The van der Waals surface area contributed by atoms with Gasteiger partial charge < -0.3 is 9.47 Å². The number of esters is 1. The summed E-state index contributed by atoms with van der Waals surface area (Å²) in [5.41, 5.74) is 4.60. The highest BCUT2D eigenvalue weighted by atomic mass is 32.1. The minimum atomic E-state index is -0.00694. The number of hydroxylamine groups is 1. The largest absolute Gasteiger partial charge is 0.487 e. The Morgan fingerprint density at radius 2 is 1.84 bits per heavy atom. The van der Waals surface area contributed by atoms with Gasteiger partial charge in [0, 0.05) is 10.9 Å². The second-order valence-electron chi connectivity index (χ2n) is 6.89. The lowest BCUT2D eigenvalue weighted by Crippen LogP contribution is -2.04. The Kier molecular flexibility index (Phi) is 10.9. The summed E-state index contributed by atoms with van der Waals surface area (Å²) in [6.07, 6.45) is 2.26. The molecule has 1 fully saturated rings. The summed E-state index contributed by atoms with van der Waals surface area (Å²) >= 11 is 1.65. The Hall–Kier alpha value is -3.23. The number of aromatic nitrogens is 1. The van der Waals surface area contributed by atoms with Crippen LogP contribution in [0.3, 0.4) is 0 Å². The zero-order valence-corrected chi connectivity index (χ0v) is 19.0. The van der Waals surface area contributed by atoms with Gasteiger partial charge in [-0.1, -0.05) is 48.0 Å². The Morgan fingerprint density at radius 1 is 1.19 bits per heavy atom. The quantitative estimate of drug-likeness (QED) is 0.230. The molecule has 4 rings (SSSR count). The van der Waals surface area contributed by atoms with Crippen molar-refractivity contribution in [2.24, 2.45) is 5.92 Å². The fraction of sp³-hybridized carbons (Fsp3) is 0.292. The first kappa shape index (κ1) is 25.0. The number of benzene rings is 2. The molecule has 2 N–H and O–H groups in total. The van der Waals surface area contributed by atoms with Crippen LogP contribution in [-0.4, -0.2) is 29.2 Å². The van der Waals surface area contributed by atoms with Crippen LogP contribution in [0.15, 0.2) is 60.0 Å². The van der Waals surface area contributed by atoms with Crippen molar-refractivity contribution in [3.63, 3.8) is 0 Å². The number of thiazole rings is 1. The molecule has 8 heteroatoms. The molecule has 3 aromatic rings. The van der Waals surface area contributed by atoms with Crippen LogP contribution in [0.25, 0.3) is 10.6 Å². The highest BCUT2D eigenvalue weighted by Crippen LogP contribution is 2.29. The van der Waals surface area contributed by atoms with E-state index in [9.17, 15) is 4.79 Å². The van der Waals surface area contributed by atoms with Gasteiger partial charge in [-0.25, -0.2) is 10.5 Å². The van der Waals surface area contributed by atoms with Crippen LogP contribution in [-0.2, 0) is 20.9 Å². The van der Waals surface area contributed by atoms with Gasteiger partial charge in [-0.2, -0.15) is 0 Å². The Balaban J connectivity index is 0.000000250. The number of hydrogen-bond acceptors (Lipinski definition) is 7. The third kappa shape index (κ3) is 9.28. The van der Waals surface area contributed by atoms with Crippen molar-refractivity contribution in [1.29, 1.82) is 0 Å². The second kappa shape index (κ2) is 14.0. The molecule has 1 amide bonds. The van der Waals surface area contributed by atoms with E-state index in [0.29, 0.717) is 13.2 Å². The first-order valence-electron chi connectivity index (χ1n) is 10.3. The van der Waals surface area contributed by atoms with Crippen molar-refractivity contribution >= 4 is 23.7 Å². The highest BCUT2D eigenvalue weighted by Gasteiger charge is 2.30. The van der Waals surface area contributed by atoms with Crippen LogP contribution >= 0.6 is 11.3 Å². The maximum atomic E-state index is 10.6. The molecule has 1 aliphatic carbocycles. The van der Waals surface area contributed by atoms with Crippen LogP contribution in [0.1, 0.15) is 31.0 Å². The Morgan fingerprint density at radius 3 is 2.41 bits per heavy atom. The molecule has 0 radical (unpaired) electrons. The number of rotatable bonds is 7. The van der Waals surface area contributed by atoms with E-state index >= 15 is 0 Å². The normalized spacial score (nSPS) is 11.7. The Bertz CT molecular complexity index is 941. The molecule has 7 nitrogen and oxygen atoms in total. The van der Waals surface area contributed by atoms with Crippen molar-refractivity contribution in [3.05, 3.63) is 71.2 Å². The average Bonchev–Trinajstić information content (AvgIpc) is 3.58. The number of carbonyl (C=O) groups is 2. The van der Waals surface area contributed by atoms with Crippen LogP contribution in [0.5, 0.6) is 5.75 Å². The van der Waals surface area contributed by atoms with Gasteiger partial charge in [0.2, 0.25) is 6.41 Å². The van der Waals surface area contributed by atoms with E-state index in [4.69, 9.17) is 19.5 Å². The highest BCUT2D eigenvalue weighted by molar-refractivity contribution is 7.13. The number of amides is 1. The summed E-state index contributed by atoms with van der Waals surface area (Å²) in [5, 5.41) is 10.3. The number of hydrogen-bond donors (Lipinski definition) is 2. The zero-order valence-electron chi connectivity index (χ0n) is 18.2. The summed E-state index contributed by atoms with van der Waals surface area (Å²) < 4.78 is 10.5. The fourth-order valence-corrected chi connectivity index (χ4v) is 3.27. The SMILES string of the molecule is CCOC(=O)C1CC1.Cc1ccc(OCc2csc(-c3ccccc3)n2)cc1.O=CNO. The topological polar surface area (TPSA) is 97.8 Å². The van der Waals surface area contributed by atoms with Crippen molar-refractivity contribution in [1.82, 2.24) is 10.5 Å². The van der Waals surface area contributed by atoms with Crippen molar-refractivity contribution < 1.29 is 24.3 Å². The minimum absolute atomic E-state index is 0.00694. The molecule has 0 unspecified atom stereocenters. The monoisotopic (exact) mass is 456 g/mol. The van der Waals surface area contributed by atoms with Crippen molar-refractivity contribution in [2.75, 3.05) is 6.61 Å². The predicted octanol–water partition coefficient (Wildman–Crippen LogP) is 4.78. The zero-order chi connectivity index (χ0) is 23.2. The molecule has 1 heterocycles. The maximum absolute atomic E-state index is 10.6. The van der Waals surface area contributed by atoms with Gasteiger partial charge in [-0.3, -0.25) is 14.8 Å². The molecule has 170 valence electrons. The fourth-order valence-electron chi connectivity index (χ4n) is 2.46. The number of aryl methyl sites for hydroxylation is 1. The molecule has 0 aliphatic heterocycles. The predicted molar refractivity (Wildman–Crippen MR) is 123 cm³/mol. The first-order valence-corrected chi connectivity index (χ1v) is 11.1. The lowest BCUT2D eigenvalue weighted by molar-refractivity contribution is -0.144. The van der Waals surface area contributed by atoms with E-state index in [0.717, 1.165) is 34.9 Å². The molecule has 0 saturated heterocycles. The summed E-state index contributed by atoms with van der Waals surface area (Å²) in [6.45, 7) is 4.93. The third-order valence-corrected chi connectivity index (χ3v) is 5.17. The number of carbonyl (C=O) groups excluding carboxylic acids is 2. The minimum Gasteiger partial charge on any atom is -0.487 e. The van der Waals surface area contributed by atoms with E-state index in [2.05, 4.69) is 29.4 Å². The van der Waals surface area contributed by atoms with Crippen LogP contribution in [0.2, 0.25) is 0 Å². The van der Waals surface area contributed by atoms with E-state index in [1.54, 1.807) is 11.3 Å². The van der Waals surface area contributed by atoms with Gasteiger partial charge in [-0.15, -0.1) is 11.3 Å². The second-order valence-corrected chi connectivity index (χ2v) is 7.74. The summed E-state index contributed by atoms with van der Waals surface area (Å²) in [4.78, 5) is 24.0. The molecular formula is C24H28N2O5S.